The number of ether oxygens (including phenoxy) is 2. The summed E-state index contributed by atoms with van der Waals surface area (Å²) in [6, 6.07) is 6.32. The zero-order valence-electron chi connectivity index (χ0n) is 11.7. The Kier molecular flexibility index (Phi) is 3.37. The Hall–Kier alpha value is -1.26. The minimum absolute atomic E-state index is 0.123. The van der Waals surface area contributed by atoms with E-state index in [0.29, 0.717) is 6.79 Å². The van der Waals surface area contributed by atoms with Crippen LogP contribution in [0.15, 0.2) is 18.2 Å². The Labute approximate surface area is 114 Å². The van der Waals surface area contributed by atoms with Crippen LogP contribution in [-0.2, 0) is 5.41 Å². The van der Waals surface area contributed by atoms with Crippen molar-refractivity contribution in [3.8, 4) is 11.5 Å². The van der Waals surface area contributed by atoms with Crippen LogP contribution < -0.4 is 14.8 Å². The first-order valence-electron chi connectivity index (χ1n) is 6.98. The van der Waals surface area contributed by atoms with E-state index in [0.717, 1.165) is 44.2 Å². The predicted molar refractivity (Wildman–Crippen MR) is 74.9 cm³/mol. The van der Waals surface area contributed by atoms with Crippen molar-refractivity contribution in [3.63, 3.8) is 0 Å². The van der Waals surface area contributed by atoms with Crippen molar-refractivity contribution in [3.05, 3.63) is 23.8 Å². The molecule has 2 aliphatic rings. The molecule has 1 N–H and O–H groups in total. The van der Waals surface area contributed by atoms with Gasteiger partial charge in [-0.15, -0.1) is 0 Å². The standard InChI is InChI=1S/C15H22N2O2/c1-15(2,10-17-7-5-16-6-8-17)12-3-4-13-14(9-12)19-11-18-13/h3-4,9,16H,5-8,10-11H2,1-2H3. The molecule has 2 heterocycles. The van der Waals surface area contributed by atoms with Crippen molar-refractivity contribution in [2.75, 3.05) is 39.5 Å². The van der Waals surface area contributed by atoms with Gasteiger partial charge in [-0.3, -0.25) is 4.90 Å². The van der Waals surface area contributed by atoms with E-state index in [2.05, 4.69) is 36.2 Å². The molecule has 0 amide bonds. The maximum absolute atomic E-state index is 5.48. The van der Waals surface area contributed by atoms with Crippen LogP contribution in [0.25, 0.3) is 0 Å². The van der Waals surface area contributed by atoms with E-state index in [1.807, 2.05) is 6.07 Å². The molecule has 4 heteroatoms. The number of rotatable bonds is 3. The summed E-state index contributed by atoms with van der Waals surface area (Å²) in [5.74, 6) is 1.74. The molecule has 0 bridgehead atoms. The highest BCUT2D eigenvalue weighted by atomic mass is 16.7. The number of nitrogens with one attached hydrogen (secondary N) is 1. The van der Waals surface area contributed by atoms with Gasteiger partial charge in [-0.1, -0.05) is 19.9 Å². The van der Waals surface area contributed by atoms with Crippen LogP contribution in [0, 0.1) is 0 Å². The van der Waals surface area contributed by atoms with Crippen molar-refractivity contribution < 1.29 is 9.47 Å². The SMILES string of the molecule is CC(C)(CN1CCNCC1)c1ccc2c(c1)OCO2. The summed E-state index contributed by atoms with van der Waals surface area (Å²) in [5, 5.41) is 3.40. The van der Waals surface area contributed by atoms with Crippen LogP contribution in [0.1, 0.15) is 19.4 Å². The summed E-state index contributed by atoms with van der Waals surface area (Å²) in [6.45, 7) is 10.5. The lowest BCUT2D eigenvalue weighted by Crippen LogP contribution is -2.47. The molecule has 0 saturated carbocycles. The molecule has 0 unspecified atom stereocenters. The van der Waals surface area contributed by atoms with Crippen molar-refractivity contribution in [2.24, 2.45) is 0 Å². The van der Waals surface area contributed by atoms with Crippen LogP contribution in [0.5, 0.6) is 11.5 Å². The molecular formula is C15H22N2O2. The average molecular weight is 262 g/mol. The Morgan fingerprint density at radius 3 is 2.68 bits per heavy atom. The van der Waals surface area contributed by atoms with Gasteiger partial charge in [-0.2, -0.15) is 0 Å². The van der Waals surface area contributed by atoms with E-state index < -0.39 is 0 Å². The monoisotopic (exact) mass is 262 g/mol. The van der Waals surface area contributed by atoms with Crippen LogP contribution in [0.4, 0.5) is 0 Å². The molecule has 0 atom stereocenters. The first-order chi connectivity index (χ1) is 9.15. The molecule has 1 aromatic carbocycles. The van der Waals surface area contributed by atoms with E-state index in [1.54, 1.807) is 0 Å². The van der Waals surface area contributed by atoms with Crippen LogP contribution >= 0.6 is 0 Å². The van der Waals surface area contributed by atoms with Gasteiger partial charge in [0.15, 0.2) is 11.5 Å². The van der Waals surface area contributed by atoms with Crippen molar-refractivity contribution >= 4 is 0 Å². The maximum atomic E-state index is 5.48. The number of nitrogens with zero attached hydrogens (tertiary/aromatic N) is 1. The third-order valence-corrected chi connectivity index (χ3v) is 3.98. The Bertz CT molecular complexity index is 453. The number of hydrogen-bond donors (Lipinski definition) is 1. The molecule has 4 nitrogen and oxygen atoms in total. The molecule has 0 spiro atoms. The molecule has 104 valence electrons. The quantitative estimate of drug-likeness (QED) is 0.897. The van der Waals surface area contributed by atoms with Crippen LogP contribution in [0.2, 0.25) is 0 Å². The molecule has 0 aliphatic carbocycles. The summed E-state index contributed by atoms with van der Waals surface area (Å²) in [7, 11) is 0. The molecule has 0 aromatic heterocycles. The summed E-state index contributed by atoms with van der Waals surface area (Å²) in [4.78, 5) is 2.53. The van der Waals surface area contributed by atoms with Gasteiger partial charge in [0.1, 0.15) is 0 Å². The highest BCUT2D eigenvalue weighted by Gasteiger charge is 2.27. The minimum Gasteiger partial charge on any atom is -0.454 e. The lowest BCUT2D eigenvalue weighted by Gasteiger charge is -2.35. The largest absolute Gasteiger partial charge is 0.454 e. The lowest BCUT2D eigenvalue weighted by atomic mass is 9.83. The van der Waals surface area contributed by atoms with Gasteiger partial charge in [-0.25, -0.2) is 0 Å². The highest BCUT2D eigenvalue weighted by Crippen LogP contribution is 2.36. The van der Waals surface area contributed by atoms with Gasteiger partial charge < -0.3 is 14.8 Å². The second-order valence-electron chi connectivity index (χ2n) is 5.98. The van der Waals surface area contributed by atoms with Gasteiger partial charge in [0.2, 0.25) is 6.79 Å². The van der Waals surface area contributed by atoms with E-state index >= 15 is 0 Å². The zero-order valence-corrected chi connectivity index (χ0v) is 11.7. The van der Waals surface area contributed by atoms with Crippen molar-refractivity contribution in [2.45, 2.75) is 19.3 Å². The highest BCUT2D eigenvalue weighted by molar-refractivity contribution is 5.46. The van der Waals surface area contributed by atoms with Gasteiger partial charge >= 0.3 is 0 Å². The molecule has 1 fully saturated rings. The fourth-order valence-electron chi connectivity index (χ4n) is 2.84. The van der Waals surface area contributed by atoms with Crippen LogP contribution in [0.3, 0.4) is 0 Å². The third-order valence-electron chi connectivity index (χ3n) is 3.98. The number of piperazine rings is 1. The van der Waals surface area contributed by atoms with Gasteiger partial charge in [-0.05, 0) is 17.7 Å². The smallest absolute Gasteiger partial charge is 0.231 e. The zero-order chi connectivity index (χ0) is 13.3. The molecule has 1 aromatic rings. The Morgan fingerprint density at radius 2 is 1.89 bits per heavy atom. The minimum atomic E-state index is 0.123. The van der Waals surface area contributed by atoms with Crippen LogP contribution in [-0.4, -0.2) is 44.4 Å². The number of benzene rings is 1. The fourth-order valence-corrected chi connectivity index (χ4v) is 2.84. The molecule has 3 rings (SSSR count). The van der Waals surface area contributed by atoms with Gasteiger partial charge in [0.05, 0.1) is 0 Å². The predicted octanol–water partition coefficient (Wildman–Crippen LogP) is 1.60. The molecule has 1 saturated heterocycles. The molecule has 2 aliphatic heterocycles. The summed E-state index contributed by atoms with van der Waals surface area (Å²) in [6.07, 6.45) is 0. The van der Waals surface area contributed by atoms with Crippen molar-refractivity contribution in [1.82, 2.24) is 10.2 Å². The Morgan fingerprint density at radius 1 is 1.16 bits per heavy atom. The fraction of sp³-hybridized carbons (Fsp3) is 0.600. The van der Waals surface area contributed by atoms with Gasteiger partial charge in [0.25, 0.3) is 0 Å². The van der Waals surface area contributed by atoms with E-state index in [4.69, 9.17) is 9.47 Å². The lowest BCUT2D eigenvalue weighted by molar-refractivity contribution is 0.173. The summed E-state index contributed by atoms with van der Waals surface area (Å²) >= 11 is 0. The van der Waals surface area contributed by atoms with Gasteiger partial charge in [0, 0.05) is 38.1 Å². The normalized spacial score (nSPS) is 19.7. The number of fused-ring (bicyclic) bond motifs is 1. The van der Waals surface area contributed by atoms with Crippen molar-refractivity contribution in [1.29, 1.82) is 0 Å². The molecule has 0 radical (unpaired) electrons. The topological polar surface area (TPSA) is 33.7 Å². The van der Waals surface area contributed by atoms with E-state index in [9.17, 15) is 0 Å². The van der Waals surface area contributed by atoms with E-state index in [-0.39, 0.29) is 5.41 Å². The summed E-state index contributed by atoms with van der Waals surface area (Å²) < 4.78 is 10.9. The van der Waals surface area contributed by atoms with E-state index in [1.165, 1.54) is 5.56 Å². The average Bonchev–Trinajstić information content (AvgIpc) is 2.86. The first kappa shape index (κ1) is 12.8. The third kappa shape index (κ3) is 2.69. The second kappa shape index (κ2) is 5.02. The first-order valence-corrected chi connectivity index (χ1v) is 6.98. The Balaban J connectivity index is 1.75. The maximum Gasteiger partial charge on any atom is 0.231 e. The summed E-state index contributed by atoms with van der Waals surface area (Å²) in [5.41, 5.74) is 1.44. The second-order valence-corrected chi connectivity index (χ2v) is 5.98. The molecular weight excluding hydrogens is 240 g/mol. The number of hydrogen-bond acceptors (Lipinski definition) is 4. The molecule has 19 heavy (non-hydrogen) atoms.